The van der Waals surface area contributed by atoms with E-state index in [0.29, 0.717) is 11.5 Å². The highest BCUT2D eigenvalue weighted by Crippen LogP contribution is 2.33. The third-order valence-electron chi connectivity index (χ3n) is 4.60. The van der Waals surface area contributed by atoms with E-state index in [1.807, 2.05) is 0 Å². The van der Waals surface area contributed by atoms with Gasteiger partial charge in [-0.25, -0.2) is 15.2 Å². The number of piperidine rings is 1. The molecule has 0 aromatic carbocycles. The predicted octanol–water partition coefficient (Wildman–Crippen LogP) is -2.17. The molecule has 0 spiro atoms. The minimum atomic E-state index is -4.86. The fraction of sp³-hybridized carbons (Fsp3) is 0.750. The van der Waals surface area contributed by atoms with Gasteiger partial charge in [-0.2, -0.15) is 13.5 Å². The Morgan fingerprint density at radius 2 is 2.00 bits per heavy atom. The first-order valence-corrected chi connectivity index (χ1v) is 9.08. The smallest absolute Gasteiger partial charge is 0.327 e. The summed E-state index contributed by atoms with van der Waals surface area (Å²) in [5.41, 5.74) is 8.17. The Bertz CT molecular complexity index is 713. The van der Waals surface area contributed by atoms with Gasteiger partial charge in [-0.1, -0.05) is 0 Å². The zero-order chi connectivity index (χ0) is 18.5. The minimum Gasteiger partial charge on any atom is -0.327 e. The van der Waals surface area contributed by atoms with E-state index in [0.717, 1.165) is 9.91 Å². The summed E-state index contributed by atoms with van der Waals surface area (Å²) in [7, 11) is -3.45. The lowest BCUT2D eigenvalue weighted by Gasteiger charge is -2.32. The quantitative estimate of drug-likeness (QED) is 0.275. The van der Waals surface area contributed by atoms with Gasteiger partial charge >= 0.3 is 16.4 Å². The molecule has 4 atom stereocenters. The zero-order valence-electron chi connectivity index (χ0n) is 13.4. The van der Waals surface area contributed by atoms with Gasteiger partial charge in [0.25, 0.3) is 5.91 Å². The summed E-state index contributed by atoms with van der Waals surface area (Å²) in [5, 5.41) is 1.40. The van der Waals surface area contributed by atoms with Crippen LogP contribution in [-0.4, -0.2) is 77.5 Å². The molecule has 1 saturated carbocycles. The average molecular weight is 377 g/mol. The minimum absolute atomic E-state index is 0.0550. The van der Waals surface area contributed by atoms with Crippen LogP contribution in [0.1, 0.15) is 19.3 Å². The molecular formula is C12H19N5O7S. The summed E-state index contributed by atoms with van der Waals surface area (Å²) in [4.78, 5) is 38.4. The second kappa shape index (κ2) is 6.17. The Kier molecular flexibility index (Phi) is 4.45. The second-order valence-electron chi connectivity index (χ2n) is 6.25. The summed E-state index contributed by atoms with van der Waals surface area (Å²) >= 11 is 0. The highest BCUT2D eigenvalue weighted by molar-refractivity contribution is 7.80. The normalized spacial score (nSPS) is 31.2. The molecule has 3 rings (SSSR count). The van der Waals surface area contributed by atoms with Crippen molar-refractivity contribution in [2.75, 3.05) is 13.6 Å². The van der Waals surface area contributed by atoms with E-state index in [4.69, 9.17) is 10.3 Å². The number of carbonyl (C=O) groups is 3. The molecule has 2 bridgehead atoms. The van der Waals surface area contributed by atoms with E-state index < -0.39 is 46.2 Å². The van der Waals surface area contributed by atoms with Crippen LogP contribution in [0.2, 0.25) is 0 Å². The molecule has 2 saturated heterocycles. The molecular weight excluding hydrogens is 358 g/mol. The molecule has 4 amide bonds. The van der Waals surface area contributed by atoms with Gasteiger partial charge in [0.2, 0.25) is 5.91 Å². The van der Waals surface area contributed by atoms with Crippen molar-refractivity contribution in [3.63, 3.8) is 0 Å². The monoisotopic (exact) mass is 377 g/mol. The van der Waals surface area contributed by atoms with Gasteiger partial charge in [0.1, 0.15) is 6.04 Å². The highest BCUT2D eigenvalue weighted by Gasteiger charge is 2.52. The Morgan fingerprint density at radius 1 is 1.36 bits per heavy atom. The number of nitrogens with one attached hydrogen (secondary N) is 1. The maximum absolute atomic E-state index is 12.7. The van der Waals surface area contributed by atoms with Crippen molar-refractivity contribution in [3.05, 3.63) is 0 Å². The van der Waals surface area contributed by atoms with Crippen molar-refractivity contribution in [1.82, 2.24) is 20.4 Å². The van der Waals surface area contributed by atoms with Gasteiger partial charge in [-0.05, 0) is 19.3 Å². The molecule has 2 heterocycles. The van der Waals surface area contributed by atoms with Crippen molar-refractivity contribution in [1.29, 1.82) is 0 Å². The number of carbonyl (C=O) groups excluding carboxylic acids is 3. The number of rotatable bonds is 5. The number of hydrogen-bond acceptors (Lipinski definition) is 8. The van der Waals surface area contributed by atoms with E-state index in [1.165, 1.54) is 7.05 Å². The zero-order valence-corrected chi connectivity index (χ0v) is 14.2. The molecule has 25 heavy (non-hydrogen) atoms. The lowest BCUT2D eigenvalue weighted by Crippen LogP contribution is -2.56. The Balaban J connectivity index is 1.74. The number of nitrogens with two attached hydrogens (primary N) is 1. The van der Waals surface area contributed by atoms with Crippen molar-refractivity contribution >= 4 is 28.2 Å². The SMILES string of the molecule is CNN(C(=O)C1CC1N)C(=O)[C@@H]1CC[C@@H]2CN1C(=O)N2OS(=O)(=O)O. The molecule has 1 aliphatic carbocycles. The number of hydroxylamine groups is 2. The summed E-state index contributed by atoms with van der Waals surface area (Å²) in [6, 6.07) is -2.68. The molecule has 0 aromatic rings. The number of urea groups is 1. The van der Waals surface area contributed by atoms with Crippen molar-refractivity contribution in [2.45, 2.75) is 37.4 Å². The van der Waals surface area contributed by atoms with Gasteiger partial charge in [-0.15, -0.1) is 4.28 Å². The van der Waals surface area contributed by atoms with Gasteiger partial charge in [0.05, 0.1) is 12.0 Å². The molecule has 12 nitrogen and oxygen atoms in total. The topological polar surface area (TPSA) is 163 Å². The number of nitrogens with zero attached hydrogens (tertiary/aromatic N) is 3. The summed E-state index contributed by atoms with van der Waals surface area (Å²) < 4.78 is 34.8. The van der Waals surface area contributed by atoms with E-state index >= 15 is 0 Å². The summed E-state index contributed by atoms with van der Waals surface area (Å²) in [5.74, 6) is -1.51. The summed E-state index contributed by atoms with van der Waals surface area (Å²) in [6.45, 7) is 0.0550. The first-order valence-electron chi connectivity index (χ1n) is 7.71. The molecule has 13 heteroatoms. The molecule has 2 aliphatic heterocycles. The maximum Gasteiger partial charge on any atom is 0.418 e. The fourth-order valence-electron chi connectivity index (χ4n) is 3.23. The maximum atomic E-state index is 12.7. The van der Waals surface area contributed by atoms with Crippen LogP contribution < -0.4 is 11.2 Å². The molecule has 2 unspecified atom stereocenters. The third-order valence-corrected chi connectivity index (χ3v) is 4.95. The molecule has 0 radical (unpaired) electrons. The van der Waals surface area contributed by atoms with Crippen molar-refractivity contribution in [2.24, 2.45) is 11.7 Å². The number of hydrogen-bond donors (Lipinski definition) is 3. The molecule has 3 fully saturated rings. The Morgan fingerprint density at radius 3 is 2.52 bits per heavy atom. The highest BCUT2D eigenvalue weighted by atomic mass is 32.3. The second-order valence-corrected chi connectivity index (χ2v) is 7.26. The number of fused-ring (bicyclic) bond motifs is 2. The van der Waals surface area contributed by atoms with Crippen LogP contribution in [0, 0.1) is 5.92 Å². The van der Waals surface area contributed by atoms with Crippen LogP contribution in [0.25, 0.3) is 0 Å². The van der Waals surface area contributed by atoms with E-state index in [9.17, 15) is 22.8 Å². The van der Waals surface area contributed by atoms with Crippen LogP contribution >= 0.6 is 0 Å². The predicted molar refractivity (Wildman–Crippen MR) is 80.4 cm³/mol. The van der Waals surface area contributed by atoms with Crippen LogP contribution in [0.15, 0.2) is 0 Å². The van der Waals surface area contributed by atoms with Crippen LogP contribution in [0.5, 0.6) is 0 Å². The summed E-state index contributed by atoms with van der Waals surface area (Å²) in [6.07, 6.45) is 1.00. The van der Waals surface area contributed by atoms with Gasteiger partial charge in [0.15, 0.2) is 0 Å². The van der Waals surface area contributed by atoms with Crippen LogP contribution in [0.3, 0.4) is 0 Å². The van der Waals surface area contributed by atoms with Crippen LogP contribution in [-0.2, 0) is 24.3 Å². The standard InChI is InChI=1S/C12H19N5O7S/c1-14-16(10(18)7-4-8(7)13)11(19)9-3-2-6-5-15(9)12(20)17(6)24-25(21,22)23/h6-9,14H,2-5,13H2,1H3,(H,21,22,23)/t6-,7?,8?,9+/m1/s1. The largest absolute Gasteiger partial charge is 0.418 e. The molecule has 0 aromatic heterocycles. The average Bonchev–Trinajstić information content (AvgIpc) is 3.23. The third kappa shape index (κ3) is 3.32. The molecule has 140 valence electrons. The molecule has 4 N–H and O–H groups in total. The van der Waals surface area contributed by atoms with Crippen molar-refractivity contribution in [3.8, 4) is 0 Å². The lowest BCUT2D eigenvalue weighted by molar-refractivity contribution is -0.152. The molecule has 3 aliphatic rings. The first-order chi connectivity index (χ1) is 11.6. The van der Waals surface area contributed by atoms with Crippen molar-refractivity contribution < 1.29 is 31.6 Å². The number of imide groups is 1. The van der Waals surface area contributed by atoms with Gasteiger partial charge in [0, 0.05) is 19.6 Å². The first kappa shape index (κ1) is 18.0. The number of hydrazine groups is 1. The van der Waals surface area contributed by atoms with Gasteiger partial charge in [-0.3, -0.25) is 14.1 Å². The Labute approximate surface area is 143 Å². The van der Waals surface area contributed by atoms with E-state index in [-0.39, 0.29) is 25.4 Å². The van der Waals surface area contributed by atoms with E-state index in [1.54, 1.807) is 0 Å². The van der Waals surface area contributed by atoms with E-state index in [2.05, 4.69) is 9.71 Å². The lowest BCUT2D eigenvalue weighted by atomic mass is 10.00. The fourth-order valence-corrected chi connectivity index (χ4v) is 3.62. The number of amides is 4. The Hall–Kier alpha value is -1.80. The van der Waals surface area contributed by atoms with Crippen LogP contribution in [0.4, 0.5) is 4.79 Å². The van der Waals surface area contributed by atoms with Gasteiger partial charge < -0.3 is 10.6 Å².